The maximum Gasteiger partial charge on any atom is 0.319 e. The van der Waals surface area contributed by atoms with E-state index in [0.29, 0.717) is 0 Å². The second-order valence-electron chi connectivity index (χ2n) is 5.42. The van der Waals surface area contributed by atoms with Crippen LogP contribution in [0.25, 0.3) is 10.8 Å². The number of nitrogens with zero attached hydrogens (tertiary/aromatic N) is 1. The summed E-state index contributed by atoms with van der Waals surface area (Å²) in [6, 6.07) is 13.2. The van der Waals surface area contributed by atoms with Crippen LogP contribution in [0, 0.1) is 0 Å². The van der Waals surface area contributed by atoms with Crippen LogP contribution in [0.4, 0.5) is 10.5 Å². The van der Waals surface area contributed by atoms with E-state index >= 15 is 0 Å². The number of carbonyl (C=O) groups excluding carboxylic acids is 2. The van der Waals surface area contributed by atoms with Crippen molar-refractivity contribution in [1.82, 2.24) is 10.2 Å². The number of likely N-dealkylation sites (tertiary alicyclic amines) is 1. The standard InChI is InChI=1S/C17H19N3O2/c21-16(20-10-3-4-11-20)12-18-17(22)19-15-9-5-7-13-6-1-2-8-14(13)15/h1-2,5-9H,3-4,10-12H2,(H2,18,19,22). The van der Waals surface area contributed by atoms with E-state index in [-0.39, 0.29) is 18.5 Å². The Balaban J connectivity index is 1.60. The molecule has 5 heteroatoms. The molecule has 114 valence electrons. The van der Waals surface area contributed by atoms with Crippen molar-refractivity contribution in [2.45, 2.75) is 12.8 Å². The summed E-state index contributed by atoms with van der Waals surface area (Å²) in [5.74, 6) is -0.0226. The Morgan fingerprint density at radius 1 is 1.00 bits per heavy atom. The van der Waals surface area contributed by atoms with Gasteiger partial charge in [-0.1, -0.05) is 36.4 Å². The Hall–Kier alpha value is -2.56. The first kappa shape index (κ1) is 14.4. The van der Waals surface area contributed by atoms with E-state index in [0.717, 1.165) is 42.4 Å². The molecule has 2 aromatic carbocycles. The highest BCUT2D eigenvalue weighted by molar-refractivity contribution is 6.02. The number of hydrogen-bond donors (Lipinski definition) is 2. The first-order valence-corrected chi connectivity index (χ1v) is 7.54. The summed E-state index contributed by atoms with van der Waals surface area (Å²) in [6.45, 7) is 1.63. The van der Waals surface area contributed by atoms with Gasteiger partial charge >= 0.3 is 6.03 Å². The number of nitrogens with one attached hydrogen (secondary N) is 2. The van der Waals surface area contributed by atoms with Crippen molar-refractivity contribution in [3.63, 3.8) is 0 Å². The van der Waals surface area contributed by atoms with Crippen LogP contribution in [0.15, 0.2) is 42.5 Å². The third kappa shape index (κ3) is 3.19. The third-order valence-corrected chi connectivity index (χ3v) is 3.90. The van der Waals surface area contributed by atoms with Gasteiger partial charge in [0.05, 0.1) is 12.2 Å². The Kier molecular flexibility index (Phi) is 4.23. The van der Waals surface area contributed by atoms with Crippen LogP contribution in [0.2, 0.25) is 0 Å². The van der Waals surface area contributed by atoms with Gasteiger partial charge < -0.3 is 15.5 Å². The molecule has 0 atom stereocenters. The minimum Gasteiger partial charge on any atom is -0.341 e. The van der Waals surface area contributed by atoms with Crippen molar-refractivity contribution < 1.29 is 9.59 Å². The van der Waals surface area contributed by atoms with Crippen LogP contribution in [0.5, 0.6) is 0 Å². The van der Waals surface area contributed by atoms with Gasteiger partial charge in [-0.2, -0.15) is 0 Å². The maximum absolute atomic E-state index is 12.0. The predicted octanol–water partition coefficient (Wildman–Crippen LogP) is 2.58. The lowest BCUT2D eigenvalue weighted by Gasteiger charge is -2.16. The molecule has 1 aliphatic rings. The molecule has 3 amide bonds. The van der Waals surface area contributed by atoms with Crippen LogP contribution in [0.1, 0.15) is 12.8 Å². The zero-order valence-corrected chi connectivity index (χ0v) is 12.3. The fraction of sp³-hybridized carbons (Fsp3) is 0.294. The van der Waals surface area contributed by atoms with Crippen LogP contribution < -0.4 is 10.6 Å². The van der Waals surface area contributed by atoms with Gasteiger partial charge in [0.2, 0.25) is 5.91 Å². The van der Waals surface area contributed by atoms with Crippen LogP contribution >= 0.6 is 0 Å². The number of amides is 3. The van der Waals surface area contributed by atoms with Crippen LogP contribution in [-0.4, -0.2) is 36.5 Å². The summed E-state index contributed by atoms with van der Waals surface area (Å²) in [6.07, 6.45) is 2.10. The smallest absolute Gasteiger partial charge is 0.319 e. The van der Waals surface area contributed by atoms with Crippen molar-refractivity contribution in [2.24, 2.45) is 0 Å². The number of rotatable bonds is 3. The van der Waals surface area contributed by atoms with E-state index in [4.69, 9.17) is 0 Å². The molecular weight excluding hydrogens is 278 g/mol. The molecule has 1 aliphatic heterocycles. The molecule has 22 heavy (non-hydrogen) atoms. The van der Waals surface area contributed by atoms with Gasteiger partial charge in [0.25, 0.3) is 0 Å². The number of carbonyl (C=O) groups is 2. The molecule has 0 bridgehead atoms. The molecule has 1 fully saturated rings. The molecule has 0 spiro atoms. The van der Waals surface area contributed by atoms with Crippen molar-refractivity contribution in [3.05, 3.63) is 42.5 Å². The van der Waals surface area contributed by atoms with Crippen molar-refractivity contribution in [1.29, 1.82) is 0 Å². The lowest BCUT2D eigenvalue weighted by Crippen LogP contribution is -2.40. The van der Waals surface area contributed by atoms with Gasteiger partial charge in [-0.3, -0.25) is 4.79 Å². The summed E-state index contributed by atoms with van der Waals surface area (Å²) in [7, 11) is 0. The van der Waals surface area contributed by atoms with Crippen LogP contribution in [-0.2, 0) is 4.79 Å². The molecule has 2 N–H and O–H groups in total. The monoisotopic (exact) mass is 297 g/mol. The molecule has 0 unspecified atom stereocenters. The summed E-state index contributed by atoms with van der Waals surface area (Å²) >= 11 is 0. The van der Waals surface area contributed by atoms with Crippen molar-refractivity contribution in [3.8, 4) is 0 Å². The van der Waals surface area contributed by atoms with Gasteiger partial charge in [0.15, 0.2) is 0 Å². The largest absolute Gasteiger partial charge is 0.341 e. The third-order valence-electron chi connectivity index (χ3n) is 3.90. The molecule has 1 heterocycles. The molecular formula is C17H19N3O2. The van der Waals surface area contributed by atoms with E-state index in [2.05, 4.69) is 10.6 Å². The Morgan fingerprint density at radius 2 is 1.73 bits per heavy atom. The molecule has 0 saturated carbocycles. The molecule has 5 nitrogen and oxygen atoms in total. The molecule has 2 aromatic rings. The maximum atomic E-state index is 12.0. The first-order valence-electron chi connectivity index (χ1n) is 7.54. The molecule has 0 aliphatic carbocycles. The number of hydrogen-bond acceptors (Lipinski definition) is 2. The molecule has 3 rings (SSSR count). The Morgan fingerprint density at radius 3 is 2.55 bits per heavy atom. The quantitative estimate of drug-likeness (QED) is 0.914. The summed E-state index contributed by atoms with van der Waals surface area (Å²) in [5, 5.41) is 7.48. The van der Waals surface area contributed by atoms with Crippen molar-refractivity contribution in [2.75, 3.05) is 25.0 Å². The molecule has 0 radical (unpaired) electrons. The second kappa shape index (κ2) is 6.47. The van der Waals surface area contributed by atoms with Crippen molar-refractivity contribution >= 4 is 28.4 Å². The van der Waals surface area contributed by atoms with E-state index < -0.39 is 0 Å². The second-order valence-corrected chi connectivity index (χ2v) is 5.42. The zero-order valence-electron chi connectivity index (χ0n) is 12.3. The minimum absolute atomic E-state index is 0.0226. The van der Waals surface area contributed by atoms with Crippen LogP contribution in [0.3, 0.4) is 0 Å². The lowest BCUT2D eigenvalue weighted by atomic mass is 10.1. The number of benzene rings is 2. The fourth-order valence-electron chi connectivity index (χ4n) is 2.74. The summed E-state index contributed by atoms with van der Waals surface area (Å²) in [5.41, 5.74) is 0.740. The summed E-state index contributed by atoms with van der Waals surface area (Å²) in [4.78, 5) is 25.7. The normalized spacial score (nSPS) is 14.1. The number of urea groups is 1. The number of anilines is 1. The number of fused-ring (bicyclic) bond motifs is 1. The van der Waals surface area contributed by atoms with E-state index in [9.17, 15) is 9.59 Å². The fourth-order valence-corrected chi connectivity index (χ4v) is 2.74. The van der Waals surface area contributed by atoms with Gasteiger partial charge in [-0.25, -0.2) is 4.79 Å². The van der Waals surface area contributed by atoms with Gasteiger partial charge in [0.1, 0.15) is 0 Å². The highest BCUT2D eigenvalue weighted by Crippen LogP contribution is 2.22. The summed E-state index contributed by atoms with van der Waals surface area (Å²) < 4.78 is 0. The highest BCUT2D eigenvalue weighted by atomic mass is 16.2. The minimum atomic E-state index is -0.357. The highest BCUT2D eigenvalue weighted by Gasteiger charge is 2.18. The Bertz CT molecular complexity index is 688. The predicted molar refractivity (Wildman–Crippen MR) is 86.8 cm³/mol. The Labute approximate surface area is 129 Å². The molecule has 0 aromatic heterocycles. The average molecular weight is 297 g/mol. The van der Waals surface area contributed by atoms with E-state index in [1.807, 2.05) is 42.5 Å². The lowest BCUT2D eigenvalue weighted by molar-refractivity contribution is -0.128. The first-order chi connectivity index (χ1) is 10.7. The molecule has 1 saturated heterocycles. The average Bonchev–Trinajstić information content (AvgIpc) is 3.07. The van der Waals surface area contributed by atoms with Gasteiger partial charge in [-0.05, 0) is 24.3 Å². The van der Waals surface area contributed by atoms with E-state index in [1.165, 1.54) is 0 Å². The SMILES string of the molecule is O=C(NCC(=O)N1CCCC1)Nc1cccc2ccccc12. The zero-order chi connectivity index (χ0) is 15.4. The van der Waals surface area contributed by atoms with Gasteiger partial charge in [-0.15, -0.1) is 0 Å². The van der Waals surface area contributed by atoms with E-state index in [1.54, 1.807) is 4.90 Å². The topological polar surface area (TPSA) is 61.4 Å². The van der Waals surface area contributed by atoms with Gasteiger partial charge in [0, 0.05) is 18.5 Å².